The van der Waals surface area contributed by atoms with E-state index in [4.69, 9.17) is 5.73 Å². The second kappa shape index (κ2) is 4.61. The van der Waals surface area contributed by atoms with Crippen molar-refractivity contribution in [1.29, 1.82) is 0 Å². The van der Waals surface area contributed by atoms with Gasteiger partial charge in [0.1, 0.15) is 6.26 Å². The second-order valence-corrected chi connectivity index (χ2v) is 2.77. The highest BCUT2D eigenvalue weighted by atomic mass is 16.5. The summed E-state index contributed by atoms with van der Waals surface area (Å²) in [5.41, 5.74) is 5.57. The number of carbonyl (C=O) groups is 1. The van der Waals surface area contributed by atoms with E-state index in [2.05, 4.69) is 15.0 Å². The molecule has 1 heterocycles. The van der Waals surface area contributed by atoms with E-state index in [9.17, 15) is 4.79 Å². The van der Waals surface area contributed by atoms with Crippen molar-refractivity contribution in [2.24, 2.45) is 5.73 Å². The van der Waals surface area contributed by atoms with E-state index in [1.165, 1.54) is 6.26 Å². The zero-order valence-corrected chi connectivity index (χ0v) is 7.49. The maximum absolute atomic E-state index is 11.3. The van der Waals surface area contributed by atoms with Crippen LogP contribution in [0.15, 0.2) is 16.9 Å². The van der Waals surface area contributed by atoms with Gasteiger partial charge in [-0.2, -0.15) is 0 Å². The molecule has 0 saturated heterocycles. The molecule has 0 aliphatic carbocycles. The summed E-state index contributed by atoms with van der Waals surface area (Å²) in [5.74, 6) is 0.173. The molecule has 0 aliphatic rings. The van der Waals surface area contributed by atoms with Crippen LogP contribution < -0.4 is 11.1 Å². The molecule has 0 saturated carbocycles. The van der Waals surface area contributed by atoms with Crippen molar-refractivity contribution in [3.8, 4) is 0 Å². The van der Waals surface area contributed by atoms with Gasteiger partial charge in [-0.25, -0.2) is 0 Å². The van der Waals surface area contributed by atoms with Crippen molar-refractivity contribution < 1.29 is 9.32 Å². The van der Waals surface area contributed by atoms with Crippen molar-refractivity contribution in [3.63, 3.8) is 0 Å². The van der Waals surface area contributed by atoms with Crippen LogP contribution in [0.25, 0.3) is 0 Å². The molecule has 1 aromatic rings. The summed E-state index contributed by atoms with van der Waals surface area (Å²) in [4.78, 5) is 11.3. The van der Waals surface area contributed by atoms with E-state index in [1.807, 2.05) is 6.92 Å². The third kappa shape index (κ3) is 2.87. The number of nitrogens with two attached hydrogens (primary N) is 1. The summed E-state index contributed by atoms with van der Waals surface area (Å²) in [6, 6.07) is 1.10. The molecule has 3 N–H and O–H groups in total. The van der Waals surface area contributed by atoms with Crippen LogP contribution in [0.1, 0.15) is 19.8 Å². The van der Waals surface area contributed by atoms with Gasteiger partial charge in [0.15, 0.2) is 5.82 Å². The van der Waals surface area contributed by atoms with Gasteiger partial charge >= 0.3 is 0 Å². The number of hydrogen-bond donors (Lipinski definition) is 2. The van der Waals surface area contributed by atoms with Gasteiger partial charge in [-0.3, -0.25) is 4.79 Å². The first-order valence-electron chi connectivity index (χ1n) is 4.21. The molecule has 1 atom stereocenters. The Morgan fingerprint density at radius 1 is 1.85 bits per heavy atom. The van der Waals surface area contributed by atoms with Crippen molar-refractivity contribution in [1.82, 2.24) is 5.16 Å². The van der Waals surface area contributed by atoms with E-state index in [0.29, 0.717) is 12.2 Å². The standard InChI is InChI=1S/C8H13N3O2/c1-2-3-6(9)8(12)10-7-4-5-13-11-7/h4-6H,2-3,9H2,1H3,(H,10,11,12). The molecule has 0 fully saturated rings. The molecule has 0 radical (unpaired) electrons. The Bertz CT molecular complexity index is 258. The lowest BCUT2D eigenvalue weighted by molar-refractivity contribution is -0.117. The predicted octanol–water partition coefficient (Wildman–Crippen LogP) is 0.741. The number of nitrogens with one attached hydrogen (secondary N) is 1. The summed E-state index contributed by atoms with van der Waals surface area (Å²) >= 11 is 0. The van der Waals surface area contributed by atoms with Crippen LogP contribution in [-0.2, 0) is 4.79 Å². The summed E-state index contributed by atoms with van der Waals surface area (Å²) in [5, 5.41) is 6.07. The molecular weight excluding hydrogens is 170 g/mol. The molecule has 0 aromatic carbocycles. The minimum atomic E-state index is -0.471. The lowest BCUT2D eigenvalue weighted by Crippen LogP contribution is -2.35. The van der Waals surface area contributed by atoms with Crippen LogP contribution in [0, 0.1) is 0 Å². The van der Waals surface area contributed by atoms with E-state index in [-0.39, 0.29) is 5.91 Å². The predicted molar refractivity (Wildman–Crippen MR) is 48.0 cm³/mol. The minimum Gasteiger partial charge on any atom is -0.363 e. The second-order valence-electron chi connectivity index (χ2n) is 2.77. The summed E-state index contributed by atoms with van der Waals surface area (Å²) in [6.07, 6.45) is 2.94. The molecule has 0 aliphatic heterocycles. The largest absolute Gasteiger partial charge is 0.363 e. The van der Waals surface area contributed by atoms with Crippen molar-refractivity contribution in [2.75, 3.05) is 5.32 Å². The van der Waals surface area contributed by atoms with Crippen LogP contribution in [-0.4, -0.2) is 17.1 Å². The first-order valence-corrected chi connectivity index (χ1v) is 4.21. The average molecular weight is 183 g/mol. The Hall–Kier alpha value is -1.36. The molecule has 13 heavy (non-hydrogen) atoms. The van der Waals surface area contributed by atoms with Gasteiger partial charge in [0, 0.05) is 6.07 Å². The molecule has 5 nitrogen and oxygen atoms in total. The average Bonchev–Trinajstić information content (AvgIpc) is 2.57. The van der Waals surface area contributed by atoms with Crippen LogP contribution in [0.3, 0.4) is 0 Å². The van der Waals surface area contributed by atoms with E-state index in [1.54, 1.807) is 6.07 Å². The van der Waals surface area contributed by atoms with Crippen LogP contribution in [0.5, 0.6) is 0 Å². The molecule has 1 rings (SSSR count). The first kappa shape index (κ1) is 9.73. The number of hydrogen-bond acceptors (Lipinski definition) is 4. The maximum atomic E-state index is 11.3. The van der Waals surface area contributed by atoms with Crippen LogP contribution in [0.4, 0.5) is 5.82 Å². The third-order valence-electron chi connectivity index (χ3n) is 1.63. The topological polar surface area (TPSA) is 81.2 Å². The molecule has 1 unspecified atom stereocenters. The monoisotopic (exact) mass is 183 g/mol. The van der Waals surface area contributed by atoms with E-state index < -0.39 is 6.04 Å². The SMILES string of the molecule is CCCC(N)C(=O)Nc1ccon1. The highest BCUT2D eigenvalue weighted by Gasteiger charge is 2.12. The van der Waals surface area contributed by atoms with Crippen molar-refractivity contribution in [2.45, 2.75) is 25.8 Å². The Kier molecular flexibility index (Phi) is 3.45. The Balaban J connectivity index is 2.41. The highest BCUT2D eigenvalue weighted by Crippen LogP contribution is 2.03. The minimum absolute atomic E-state index is 0.226. The Morgan fingerprint density at radius 2 is 2.62 bits per heavy atom. The normalized spacial score (nSPS) is 12.5. The third-order valence-corrected chi connectivity index (χ3v) is 1.63. The van der Waals surface area contributed by atoms with E-state index in [0.717, 1.165) is 6.42 Å². The Labute approximate surface area is 76.3 Å². The van der Waals surface area contributed by atoms with Gasteiger partial charge < -0.3 is 15.6 Å². The zero-order valence-electron chi connectivity index (χ0n) is 7.49. The molecular formula is C8H13N3O2. The molecule has 0 bridgehead atoms. The number of nitrogens with zero attached hydrogens (tertiary/aromatic N) is 1. The lowest BCUT2D eigenvalue weighted by Gasteiger charge is -2.08. The summed E-state index contributed by atoms with van der Waals surface area (Å²) in [6.45, 7) is 1.98. The fourth-order valence-electron chi connectivity index (χ4n) is 0.938. The van der Waals surface area contributed by atoms with Crippen LogP contribution in [0.2, 0.25) is 0 Å². The number of anilines is 1. The molecule has 72 valence electrons. The van der Waals surface area contributed by atoms with Gasteiger partial charge in [-0.1, -0.05) is 18.5 Å². The maximum Gasteiger partial charge on any atom is 0.242 e. The van der Waals surface area contributed by atoms with Gasteiger partial charge in [0.2, 0.25) is 5.91 Å². The molecule has 1 aromatic heterocycles. The summed E-state index contributed by atoms with van der Waals surface area (Å²) < 4.78 is 4.55. The fraction of sp³-hybridized carbons (Fsp3) is 0.500. The smallest absolute Gasteiger partial charge is 0.242 e. The molecule has 5 heteroatoms. The number of aromatic nitrogens is 1. The summed E-state index contributed by atoms with van der Waals surface area (Å²) in [7, 11) is 0. The van der Waals surface area contributed by atoms with Crippen molar-refractivity contribution in [3.05, 3.63) is 12.3 Å². The van der Waals surface area contributed by atoms with Gasteiger partial charge in [0.05, 0.1) is 6.04 Å². The van der Waals surface area contributed by atoms with Gasteiger partial charge in [-0.15, -0.1) is 0 Å². The quantitative estimate of drug-likeness (QED) is 0.721. The number of carbonyl (C=O) groups excluding carboxylic acids is 1. The number of rotatable bonds is 4. The zero-order chi connectivity index (χ0) is 9.68. The van der Waals surface area contributed by atoms with E-state index >= 15 is 0 Å². The molecule has 1 amide bonds. The highest BCUT2D eigenvalue weighted by molar-refractivity contribution is 5.93. The Morgan fingerprint density at radius 3 is 3.15 bits per heavy atom. The first-order chi connectivity index (χ1) is 6.24. The fourth-order valence-corrected chi connectivity index (χ4v) is 0.938. The van der Waals surface area contributed by atoms with Gasteiger partial charge in [0.25, 0.3) is 0 Å². The van der Waals surface area contributed by atoms with Crippen LogP contribution >= 0.6 is 0 Å². The van der Waals surface area contributed by atoms with Crippen molar-refractivity contribution >= 4 is 11.7 Å². The molecule has 0 spiro atoms. The number of amides is 1. The lowest BCUT2D eigenvalue weighted by atomic mass is 10.2. The van der Waals surface area contributed by atoms with Gasteiger partial charge in [-0.05, 0) is 6.42 Å².